The molecule has 1 aromatic heterocycles. The number of aromatic nitrogens is 2. The summed E-state index contributed by atoms with van der Waals surface area (Å²) in [5.41, 5.74) is 2.64. The molecule has 0 amide bonds. The summed E-state index contributed by atoms with van der Waals surface area (Å²) >= 11 is 5.97. The van der Waals surface area contributed by atoms with Crippen LogP contribution in [0.15, 0.2) is 6.20 Å². The summed E-state index contributed by atoms with van der Waals surface area (Å²) in [4.78, 5) is 0. The molecule has 0 aliphatic carbocycles. The van der Waals surface area contributed by atoms with Gasteiger partial charge in [0.2, 0.25) is 0 Å². The molecule has 1 aromatic rings. The fraction of sp³-hybridized carbons (Fsp3) is 0.750. The van der Waals surface area contributed by atoms with Crippen LogP contribution in [0.25, 0.3) is 0 Å². The first-order chi connectivity index (χ1) is 6.80. The van der Waals surface area contributed by atoms with Crippen LogP contribution in [0.2, 0.25) is 0 Å². The first-order valence-electron chi connectivity index (χ1n) is 5.48. The van der Waals surface area contributed by atoms with Gasteiger partial charge in [-0.2, -0.15) is 5.10 Å². The zero-order valence-electron chi connectivity index (χ0n) is 10.3. The maximum absolute atomic E-state index is 5.97. The smallest absolute Gasteiger partial charge is 0.0709 e. The third kappa shape index (κ3) is 3.53. The summed E-state index contributed by atoms with van der Waals surface area (Å²) in [5, 5.41) is 4.77. The van der Waals surface area contributed by atoms with Gasteiger partial charge in [0.15, 0.2) is 0 Å². The molecule has 0 radical (unpaired) electrons. The molecule has 86 valence electrons. The van der Waals surface area contributed by atoms with Gasteiger partial charge in [-0.05, 0) is 25.3 Å². The van der Waals surface area contributed by atoms with E-state index in [1.54, 1.807) is 0 Å². The molecule has 0 aliphatic heterocycles. The van der Waals surface area contributed by atoms with Crippen LogP contribution < -0.4 is 0 Å². The lowest BCUT2D eigenvalue weighted by Gasteiger charge is -2.17. The van der Waals surface area contributed by atoms with Crippen LogP contribution in [-0.2, 0) is 18.9 Å². The number of aryl methyl sites for hydroxylation is 2. The van der Waals surface area contributed by atoms with E-state index in [4.69, 9.17) is 11.6 Å². The molecule has 1 heterocycles. The van der Waals surface area contributed by atoms with Crippen LogP contribution in [0.1, 0.15) is 45.4 Å². The Kier molecular flexibility index (Phi) is 3.82. The molecule has 1 unspecified atom stereocenters. The van der Waals surface area contributed by atoms with Gasteiger partial charge in [0.1, 0.15) is 0 Å². The van der Waals surface area contributed by atoms with Crippen molar-refractivity contribution in [3.63, 3.8) is 0 Å². The standard InChI is InChI=1S/C12H21ClN2/c1-9(13)6-7-10-8-15(5)14-11(10)12(2,3)4/h8-9H,6-7H2,1-5H3. The minimum absolute atomic E-state index is 0.117. The van der Waals surface area contributed by atoms with Gasteiger partial charge in [-0.3, -0.25) is 4.68 Å². The van der Waals surface area contributed by atoms with E-state index in [-0.39, 0.29) is 10.8 Å². The zero-order chi connectivity index (χ0) is 11.6. The van der Waals surface area contributed by atoms with Gasteiger partial charge in [-0.25, -0.2) is 0 Å². The third-order valence-corrected chi connectivity index (χ3v) is 2.64. The van der Waals surface area contributed by atoms with Crippen molar-refractivity contribution in [2.75, 3.05) is 0 Å². The maximum Gasteiger partial charge on any atom is 0.0709 e. The highest BCUT2D eigenvalue weighted by Gasteiger charge is 2.21. The molecule has 1 atom stereocenters. The quantitative estimate of drug-likeness (QED) is 0.727. The summed E-state index contributed by atoms with van der Waals surface area (Å²) < 4.78 is 1.90. The molecule has 1 rings (SSSR count). The lowest BCUT2D eigenvalue weighted by molar-refractivity contribution is 0.547. The van der Waals surface area contributed by atoms with E-state index in [2.05, 4.69) is 32.1 Å². The average molecular weight is 229 g/mol. The highest BCUT2D eigenvalue weighted by molar-refractivity contribution is 6.20. The molecule has 0 saturated heterocycles. The number of rotatable bonds is 3. The molecule has 2 nitrogen and oxygen atoms in total. The van der Waals surface area contributed by atoms with Gasteiger partial charge >= 0.3 is 0 Å². The van der Waals surface area contributed by atoms with Gasteiger partial charge in [0.05, 0.1) is 5.69 Å². The van der Waals surface area contributed by atoms with Crippen LogP contribution in [0.3, 0.4) is 0 Å². The summed E-state index contributed by atoms with van der Waals surface area (Å²) in [5.74, 6) is 0. The van der Waals surface area contributed by atoms with E-state index in [9.17, 15) is 0 Å². The fourth-order valence-electron chi connectivity index (χ4n) is 1.71. The summed E-state index contributed by atoms with van der Waals surface area (Å²) in [6, 6.07) is 0. The Morgan fingerprint density at radius 2 is 2.07 bits per heavy atom. The molecule has 0 fully saturated rings. The number of nitrogens with zero attached hydrogens (tertiary/aromatic N) is 2. The molecule has 0 bridgehead atoms. The van der Waals surface area contributed by atoms with Crippen molar-refractivity contribution in [1.29, 1.82) is 0 Å². The first-order valence-corrected chi connectivity index (χ1v) is 5.91. The predicted molar refractivity (Wildman–Crippen MR) is 65.5 cm³/mol. The van der Waals surface area contributed by atoms with E-state index in [0.717, 1.165) is 12.8 Å². The number of halogens is 1. The number of hydrogen-bond donors (Lipinski definition) is 0. The Bertz CT molecular complexity index is 321. The van der Waals surface area contributed by atoms with Crippen molar-refractivity contribution in [2.24, 2.45) is 7.05 Å². The van der Waals surface area contributed by atoms with Crippen LogP contribution in [-0.4, -0.2) is 15.2 Å². The molecule has 0 aromatic carbocycles. The van der Waals surface area contributed by atoms with E-state index < -0.39 is 0 Å². The molecular weight excluding hydrogens is 208 g/mol. The van der Waals surface area contributed by atoms with Crippen molar-refractivity contribution in [3.05, 3.63) is 17.5 Å². The molecule has 0 aliphatic rings. The minimum atomic E-state index is 0.117. The summed E-state index contributed by atoms with van der Waals surface area (Å²) in [6.07, 6.45) is 4.14. The second kappa shape index (κ2) is 4.56. The van der Waals surface area contributed by atoms with Crippen LogP contribution in [0.4, 0.5) is 0 Å². The Morgan fingerprint density at radius 3 is 2.53 bits per heavy atom. The minimum Gasteiger partial charge on any atom is -0.275 e. The maximum atomic E-state index is 5.97. The Hall–Kier alpha value is -0.500. The molecule has 0 saturated carbocycles. The van der Waals surface area contributed by atoms with Gasteiger partial charge in [0, 0.05) is 24.0 Å². The van der Waals surface area contributed by atoms with Crippen molar-refractivity contribution < 1.29 is 0 Å². The second-order valence-corrected chi connectivity index (χ2v) is 5.99. The van der Waals surface area contributed by atoms with E-state index in [0.29, 0.717) is 0 Å². The first kappa shape index (κ1) is 12.6. The predicted octanol–water partition coefficient (Wildman–Crippen LogP) is 3.28. The van der Waals surface area contributed by atoms with E-state index in [1.165, 1.54) is 11.3 Å². The number of alkyl halides is 1. The Balaban J connectivity index is 2.87. The highest BCUT2D eigenvalue weighted by Crippen LogP contribution is 2.25. The van der Waals surface area contributed by atoms with Crippen molar-refractivity contribution in [3.8, 4) is 0 Å². The van der Waals surface area contributed by atoms with Crippen molar-refractivity contribution in [1.82, 2.24) is 9.78 Å². The van der Waals surface area contributed by atoms with Crippen LogP contribution in [0.5, 0.6) is 0 Å². The lowest BCUT2D eigenvalue weighted by atomic mass is 9.88. The molecule has 3 heteroatoms. The second-order valence-electron chi connectivity index (χ2n) is 5.25. The van der Waals surface area contributed by atoms with E-state index in [1.807, 2.05) is 18.7 Å². The molecular formula is C12H21ClN2. The van der Waals surface area contributed by atoms with Crippen molar-refractivity contribution in [2.45, 2.75) is 51.3 Å². The molecule has 0 spiro atoms. The topological polar surface area (TPSA) is 17.8 Å². The van der Waals surface area contributed by atoms with Gasteiger partial charge < -0.3 is 0 Å². The van der Waals surface area contributed by atoms with E-state index >= 15 is 0 Å². The van der Waals surface area contributed by atoms with Gasteiger partial charge in [0.25, 0.3) is 0 Å². The normalized spacial score (nSPS) is 14.3. The SMILES string of the molecule is CC(Cl)CCc1cn(C)nc1C(C)(C)C. The average Bonchev–Trinajstić information content (AvgIpc) is 2.42. The van der Waals surface area contributed by atoms with Crippen LogP contribution >= 0.6 is 11.6 Å². The third-order valence-electron chi connectivity index (χ3n) is 2.43. The number of hydrogen-bond acceptors (Lipinski definition) is 1. The fourth-order valence-corrected chi connectivity index (χ4v) is 1.82. The Morgan fingerprint density at radius 1 is 1.47 bits per heavy atom. The van der Waals surface area contributed by atoms with Crippen LogP contribution in [0, 0.1) is 0 Å². The summed E-state index contributed by atoms with van der Waals surface area (Å²) in [6.45, 7) is 8.63. The van der Waals surface area contributed by atoms with Crippen molar-refractivity contribution >= 4 is 11.6 Å². The zero-order valence-corrected chi connectivity index (χ0v) is 11.1. The summed E-state index contributed by atoms with van der Waals surface area (Å²) in [7, 11) is 1.98. The van der Waals surface area contributed by atoms with Gasteiger partial charge in [-0.1, -0.05) is 20.8 Å². The molecule has 0 N–H and O–H groups in total. The lowest BCUT2D eigenvalue weighted by Crippen LogP contribution is -2.15. The monoisotopic (exact) mass is 228 g/mol. The Labute approximate surface area is 97.6 Å². The largest absolute Gasteiger partial charge is 0.275 e. The highest BCUT2D eigenvalue weighted by atomic mass is 35.5. The van der Waals surface area contributed by atoms with Gasteiger partial charge in [-0.15, -0.1) is 11.6 Å². The molecule has 15 heavy (non-hydrogen) atoms.